The van der Waals surface area contributed by atoms with Crippen LogP contribution in [0.5, 0.6) is 0 Å². The first-order valence-electron chi connectivity index (χ1n) is 5.20. The lowest BCUT2D eigenvalue weighted by molar-refractivity contribution is -0.873. The van der Waals surface area contributed by atoms with E-state index in [-0.39, 0.29) is 0 Å². The lowest BCUT2D eigenvalue weighted by Crippen LogP contribution is -3.04. The van der Waals surface area contributed by atoms with Gasteiger partial charge in [-0.15, -0.1) is 11.3 Å². The van der Waals surface area contributed by atoms with Crippen LogP contribution >= 0.6 is 22.9 Å². The fraction of sp³-hybridized carbons (Fsp3) is 0.455. The van der Waals surface area contributed by atoms with Gasteiger partial charge in [0.05, 0.1) is 19.5 Å². The number of halogens is 1. The highest BCUT2D eigenvalue weighted by Crippen LogP contribution is 2.32. The molecule has 2 aromatic rings. The number of fused-ring (bicyclic) bond motifs is 1. The molecule has 1 N–H and O–H groups in total. The van der Waals surface area contributed by atoms with E-state index in [0.717, 1.165) is 22.6 Å². The Morgan fingerprint density at radius 1 is 1.25 bits per heavy atom. The van der Waals surface area contributed by atoms with Crippen molar-refractivity contribution in [1.82, 2.24) is 9.97 Å². The number of thiophene rings is 1. The molecule has 2 rings (SSSR count). The maximum Gasteiger partial charge on any atom is 0.186 e. The molecule has 0 saturated carbocycles. The van der Waals surface area contributed by atoms with Gasteiger partial charge >= 0.3 is 0 Å². The van der Waals surface area contributed by atoms with E-state index < -0.39 is 0 Å². The van der Waals surface area contributed by atoms with Crippen LogP contribution in [0.3, 0.4) is 0 Å². The second-order valence-corrected chi connectivity index (χ2v) is 5.84. The van der Waals surface area contributed by atoms with Gasteiger partial charge in [0.1, 0.15) is 16.5 Å². The molecule has 0 atom stereocenters. The van der Waals surface area contributed by atoms with Gasteiger partial charge in [-0.25, -0.2) is 9.97 Å². The van der Waals surface area contributed by atoms with Gasteiger partial charge in [0.2, 0.25) is 0 Å². The normalized spacial score (nSPS) is 11.6. The van der Waals surface area contributed by atoms with Crippen LogP contribution in [0.15, 0.2) is 0 Å². The Balaban J connectivity index is 2.59. The van der Waals surface area contributed by atoms with E-state index in [1.54, 1.807) is 11.3 Å². The topological polar surface area (TPSA) is 30.2 Å². The smallest absolute Gasteiger partial charge is 0.186 e. The van der Waals surface area contributed by atoms with Gasteiger partial charge in [-0.05, 0) is 19.4 Å². The summed E-state index contributed by atoms with van der Waals surface area (Å²) in [4.78, 5) is 12.5. The first-order valence-corrected chi connectivity index (χ1v) is 6.39. The summed E-state index contributed by atoms with van der Waals surface area (Å²) in [6.07, 6.45) is 0. The summed E-state index contributed by atoms with van der Waals surface area (Å²) < 4.78 is 0. The van der Waals surface area contributed by atoms with Crippen LogP contribution in [0, 0.1) is 13.8 Å². The Morgan fingerprint density at radius 3 is 2.56 bits per heavy atom. The van der Waals surface area contributed by atoms with Crippen molar-refractivity contribution in [1.29, 1.82) is 0 Å². The third-order valence-corrected chi connectivity index (χ3v) is 3.92. The molecule has 2 heterocycles. The lowest BCUT2D eigenvalue weighted by Gasteiger charge is -2.06. The summed E-state index contributed by atoms with van der Waals surface area (Å²) in [5.74, 6) is 0.818. The maximum absolute atomic E-state index is 6.21. The van der Waals surface area contributed by atoms with Crippen LogP contribution in [0.1, 0.15) is 16.3 Å². The second kappa shape index (κ2) is 4.28. The second-order valence-electron chi connectivity index (χ2n) is 4.28. The van der Waals surface area contributed by atoms with Crippen molar-refractivity contribution in [3.05, 3.63) is 21.4 Å². The molecule has 0 bridgehead atoms. The number of rotatable bonds is 2. The average Bonchev–Trinajstić information content (AvgIpc) is 2.41. The molecule has 3 nitrogen and oxygen atoms in total. The summed E-state index contributed by atoms with van der Waals surface area (Å²) in [6, 6.07) is 0. The van der Waals surface area contributed by atoms with Crippen LogP contribution in [-0.4, -0.2) is 24.1 Å². The summed E-state index contributed by atoms with van der Waals surface area (Å²) in [5.41, 5.74) is 1.20. The van der Waals surface area contributed by atoms with Crippen molar-refractivity contribution in [3.63, 3.8) is 0 Å². The molecule has 16 heavy (non-hydrogen) atoms. The number of hydrogen-bond donors (Lipinski definition) is 1. The van der Waals surface area contributed by atoms with Gasteiger partial charge in [-0.1, -0.05) is 11.6 Å². The predicted octanol–water partition coefficient (Wildman–Crippen LogP) is 1.61. The molecular weight excluding hydrogens is 242 g/mol. The molecule has 5 heteroatoms. The summed E-state index contributed by atoms with van der Waals surface area (Å²) >= 11 is 7.90. The molecule has 0 aliphatic heterocycles. The van der Waals surface area contributed by atoms with Gasteiger partial charge < -0.3 is 4.90 Å². The Bertz CT molecular complexity index is 533. The maximum atomic E-state index is 6.21. The van der Waals surface area contributed by atoms with Gasteiger partial charge in [0, 0.05) is 4.88 Å². The summed E-state index contributed by atoms with van der Waals surface area (Å²) in [7, 11) is 4.15. The largest absolute Gasteiger partial charge is 0.333 e. The summed E-state index contributed by atoms with van der Waals surface area (Å²) in [6.45, 7) is 4.96. The van der Waals surface area contributed by atoms with Gasteiger partial charge in [-0.2, -0.15) is 0 Å². The SMILES string of the molecule is Cc1sc2nc(C[NH+](C)C)nc(Cl)c2c1C. The van der Waals surface area contributed by atoms with Crippen LogP contribution in [-0.2, 0) is 6.54 Å². The zero-order chi connectivity index (χ0) is 11.9. The van der Waals surface area contributed by atoms with Crippen molar-refractivity contribution >= 4 is 33.2 Å². The highest BCUT2D eigenvalue weighted by Gasteiger charge is 2.14. The Labute approximate surface area is 104 Å². The molecule has 0 aromatic carbocycles. The van der Waals surface area contributed by atoms with Crippen LogP contribution < -0.4 is 4.90 Å². The standard InChI is InChI=1S/C11H14ClN3S/c1-6-7(2)16-11-9(6)10(12)13-8(14-11)5-15(3)4/h5H2,1-4H3/p+1. The monoisotopic (exact) mass is 256 g/mol. The first-order chi connectivity index (χ1) is 7.49. The van der Waals surface area contributed by atoms with Crippen molar-refractivity contribution in [2.75, 3.05) is 14.1 Å². The Kier molecular flexibility index (Phi) is 3.15. The van der Waals surface area contributed by atoms with E-state index in [9.17, 15) is 0 Å². The quantitative estimate of drug-likeness (QED) is 0.828. The van der Waals surface area contributed by atoms with Gasteiger partial charge in [-0.3, -0.25) is 0 Å². The van der Waals surface area contributed by atoms with Gasteiger partial charge in [0.15, 0.2) is 5.82 Å². The van der Waals surface area contributed by atoms with Crippen molar-refractivity contribution in [3.8, 4) is 0 Å². The molecule has 0 amide bonds. The van der Waals surface area contributed by atoms with Crippen LogP contribution in [0.25, 0.3) is 10.2 Å². The Morgan fingerprint density at radius 2 is 1.94 bits per heavy atom. The van der Waals surface area contributed by atoms with E-state index in [4.69, 9.17) is 11.6 Å². The molecule has 0 spiro atoms. The zero-order valence-electron chi connectivity index (χ0n) is 9.89. The lowest BCUT2D eigenvalue weighted by atomic mass is 10.2. The van der Waals surface area contributed by atoms with Crippen LogP contribution in [0.4, 0.5) is 0 Å². The minimum atomic E-state index is 0.586. The zero-order valence-corrected chi connectivity index (χ0v) is 11.5. The number of aromatic nitrogens is 2. The molecule has 0 unspecified atom stereocenters. The van der Waals surface area contributed by atoms with Crippen molar-refractivity contribution in [2.24, 2.45) is 0 Å². The van der Waals surface area contributed by atoms with E-state index in [1.807, 2.05) is 0 Å². The fourth-order valence-corrected chi connectivity index (χ4v) is 3.07. The number of nitrogens with one attached hydrogen (secondary N) is 1. The fourth-order valence-electron chi connectivity index (χ4n) is 1.64. The molecule has 0 aliphatic rings. The van der Waals surface area contributed by atoms with Crippen molar-refractivity contribution < 1.29 is 4.90 Å². The average molecular weight is 257 g/mol. The third kappa shape index (κ3) is 2.05. The van der Waals surface area contributed by atoms with Crippen LogP contribution in [0.2, 0.25) is 5.15 Å². The number of hydrogen-bond acceptors (Lipinski definition) is 3. The molecule has 2 aromatic heterocycles. The molecule has 0 aliphatic carbocycles. The highest BCUT2D eigenvalue weighted by atomic mass is 35.5. The molecule has 0 radical (unpaired) electrons. The minimum absolute atomic E-state index is 0.586. The predicted molar refractivity (Wildman–Crippen MR) is 68.4 cm³/mol. The number of quaternary nitrogens is 1. The number of aryl methyl sites for hydroxylation is 2. The Hall–Kier alpha value is -0.710. The first kappa shape index (κ1) is 11.8. The third-order valence-electron chi connectivity index (χ3n) is 2.54. The van der Waals surface area contributed by atoms with Gasteiger partial charge in [0.25, 0.3) is 0 Å². The highest BCUT2D eigenvalue weighted by molar-refractivity contribution is 7.18. The molecular formula is C11H15ClN3S+. The van der Waals surface area contributed by atoms with E-state index >= 15 is 0 Å². The number of nitrogens with zero attached hydrogens (tertiary/aromatic N) is 2. The molecule has 0 saturated heterocycles. The van der Waals surface area contributed by atoms with Crippen molar-refractivity contribution in [2.45, 2.75) is 20.4 Å². The molecule has 0 fully saturated rings. The van der Waals surface area contributed by atoms with E-state index in [1.165, 1.54) is 15.3 Å². The van der Waals surface area contributed by atoms with E-state index in [0.29, 0.717) is 5.15 Å². The molecule has 86 valence electrons. The summed E-state index contributed by atoms with van der Waals surface area (Å²) in [5, 5.41) is 1.60. The minimum Gasteiger partial charge on any atom is -0.333 e. The van der Waals surface area contributed by atoms with E-state index in [2.05, 4.69) is 37.9 Å².